The molecule has 0 nitrogen and oxygen atoms in total. The molecule has 0 rings (SSSR count). The SMILES string of the molecule is CCC(CCF)C(F)(F)F. The van der Waals surface area contributed by atoms with E-state index in [0.29, 0.717) is 0 Å². The first-order valence-electron chi connectivity index (χ1n) is 3.15. The predicted molar refractivity (Wildman–Crippen MR) is 30.4 cm³/mol. The fourth-order valence-corrected chi connectivity index (χ4v) is 0.731. The van der Waals surface area contributed by atoms with E-state index in [1.165, 1.54) is 6.92 Å². The molecular weight excluding hydrogens is 148 g/mol. The Hall–Kier alpha value is -0.280. The van der Waals surface area contributed by atoms with E-state index in [0.717, 1.165) is 0 Å². The Kier molecular flexibility index (Phi) is 3.68. The van der Waals surface area contributed by atoms with Crippen molar-refractivity contribution in [1.29, 1.82) is 0 Å². The molecule has 0 heterocycles. The Morgan fingerprint density at radius 2 is 1.80 bits per heavy atom. The molecule has 10 heavy (non-hydrogen) atoms. The Labute approximate surface area is 57.2 Å². The van der Waals surface area contributed by atoms with Gasteiger partial charge >= 0.3 is 6.18 Å². The van der Waals surface area contributed by atoms with Crippen molar-refractivity contribution in [3.63, 3.8) is 0 Å². The van der Waals surface area contributed by atoms with E-state index in [-0.39, 0.29) is 6.42 Å². The molecule has 0 bridgehead atoms. The van der Waals surface area contributed by atoms with Gasteiger partial charge < -0.3 is 0 Å². The molecule has 0 aromatic carbocycles. The summed E-state index contributed by atoms with van der Waals surface area (Å²) in [5, 5.41) is 0. The van der Waals surface area contributed by atoms with Crippen molar-refractivity contribution in [2.24, 2.45) is 5.92 Å². The average Bonchev–Trinajstić information content (AvgIpc) is 1.80. The maximum absolute atomic E-state index is 11.7. The van der Waals surface area contributed by atoms with E-state index in [4.69, 9.17) is 0 Å². The molecule has 0 N–H and O–H groups in total. The second-order valence-corrected chi connectivity index (χ2v) is 2.12. The van der Waals surface area contributed by atoms with Gasteiger partial charge in [-0.25, -0.2) is 0 Å². The Morgan fingerprint density at radius 1 is 1.30 bits per heavy atom. The Morgan fingerprint density at radius 3 is 1.90 bits per heavy atom. The molecule has 0 aromatic rings. The van der Waals surface area contributed by atoms with Gasteiger partial charge in [-0.2, -0.15) is 13.2 Å². The lowest BCUT2D eigenvalue weighted by atomic mass is 10.0. The highest BCUT2D eigenvalue weighted by Gasteiger charge is 2.37. The van der Waals surface area contributed by atoms with Crippen LogP contribution in [0.5, 0.6) is 0 Å². The van der Waals surface area contributed by atoms with Crippen molar-refractivity contribution < 1.29 is 17.6 Å². The second-order valence-electron chi connectivity index (χ2n) is 2.12. The molecule has 0 aromatic heterocycles. The first kappa shape index (κ1) is 9.72. The van der Waals surface area contributed by atoms with Crippen molar-refractivity contribution >= 4 is 0 Å². The van der Waals surface area contributed by atoms with E-state index >= 15 is 0 Å². The first-order chi connectivity index (χ1) is 4.52. The van der Waals surface area contributed by atoms with Gasteiger partial charge in [0.1, 0.15) is 0 Å². The molecule has 0 aliphatic heterocycles. The van der Waals surface area contributed by atoms with Crippen LogP contribution in [-0.2, 0) is 0 Å². The number of rotatable bonds is 3. The zero-order valence-electron chi connectivity index (χ0n) is 5.71. The van der Waals surface area contributed by atoms with Gasteiger partial charge in [0.2, 0.25) is 0 Å². The zero-order chi connectivity index (χ0) is 8.20. The van der Waals surface area contributed by atoms with Crippen LogP contribution in [0.25, 0.3) is 0 Å². The van der Waals surface area contributed by atoms with Gasteiger partial charge in [-0.1, -0.05) is 6.92 Å². The van der Waals surface area contributed by atoms with Crippen molar-refractivity contribution in [3.8, 4) is 0 Å². The Bertz CT molecular complexity index is 86.2. The predicted octanol–water partition coefficient (Wildman–Crippen LogP) is 2.93. The third-order valence-electron chi connectivity index (χ3n) is 1.41. The van der Waals surface area contributed by atoms with Crippen molar-refractivity contribution in [3.05, 3.63) is 0 Å². The summed E-state index contributed by atoms with van der Waals surface area (Å²) in [7, 11) is 0. The van der Waals surface area contributed by atoms with E-state index in [1.807, 2.05) is 0 Å². The molecule has 0 amide bonds. The van der Waals surface area contributed by atoms with Gasteiger partial charge in [0, 0.05) is 0 Å². The minimum absolute atomic E-state index is 0.0343. The molecule has 4 heteroatoms. The van der Waals surface area contributed by atoms with Crippen LogP contribution >= 0.6 is 0 Å². The summed E-state index contributed by atoms with van der Waals surface area (Å²) >= 11 is 0. The lowest BCUT2D eigenvalue weighted by Crippen LogP contribution is -2.22. The fraction of sp³-hybridized carbons (Fsp3) is 1.00. The fourth-order valence-electron chi connectivity index (χ4n) is 0.731. The molecule has 0 spiro atoms. The topological polar surface area (TPSA) is 0 Å². The third kappa shape index (κ3) is 3.03. The maximum Gasteiger partial charge on any atom is 0.391 e. The molecule has 1 atom stereocenters. The summed E-state index contributed by atoms with van der Waals surface area (Å²) in [5.74, 6) is -1.46. The van der Waals surface area contributed by atoms with Crippen LogP contribution in [0, 0.1) is 5.92 Å². The monoisotopic (exact) mass is 158 g/mol. The van der Waals surface area contributed by atoms with Crippen LogP contribution in [-0.4, -0.2) is 12.9 Å². The summed E-state index contributed by atoms with van der Waals surface area (Å²) in [5.41, 5.74) is 0. The summed E-state index contributed by atoms with van der Waals surface area (Å²) < 4.78 is 46.7. The average molecular weight is 158 g/mol. The van der Waals surface area contributed by atoms with Crippen LogP contribution in [0.2, 0.25) is 0 Å². The molecule has 0 aliphatic rings. The van der Waals surface area contributed by atoms with Crippen LogP contribution in [0.1, 0.15) is 19.8 Å². The second kappa shape index (κ2) is 3.78. The van der Waals surface area contributed by atoms with Crippen molar-refractivity contribution in [2.45, 2.75) is 25.9 Å². The van der Waals surface area contributed by atoms with Gasteiger partial charge in [0.25, 0.3) is 0 Å². The molecular formula is C6H10F4. The molecule has 62 valence electrons. The lowest BCUT2D eigenvalue weighted by Gasteiger charge is -2.16. The standard InChI is InChI=1S/C6H10F4/c1-2-5(3-4-7)6(8,9)10/h5H,2-4H2,1H3. The highest BCUT2D eigenvalue weighted by atomic mass is 19.4. The molecule has 1 unspecified atom stereocenters. The molecule has 0 saturated carbocycles. The van der Waals surface area contributed by atoms with Crippen molar-refractivity contribution in [1.82, 2.24) is 0 Å². The van der Waals surface area contributed by atoms with Gasteiger partial charge in [-0.15, -0.1) is 0 Å². The molecule has 0 aliphatic carbocycles. The molecule has 0 radical (unpaired) electrons. The van der Waals surface area contributed by atoms with E-state index < -0.39 is 25.2 Å². The van der Waals surface area contributed by atoms with Crippen LogP contribution in [0.15, 0.2) is 0 Å². The number of halogens is 4. The summed E-state index contributed by atoms with van der Waals surface area (Å²) in [6.07, 6.45) is -4.66. The Balaban J connectivity index is 3.81. The summed E-state index contributed by atoms with van der Waals surface area (Å²) in [4.78, 5) is 0. The van der Waals surface area contributed by atoms with E-state index in [2.05, 4.69) is 0 Å². The van der Waals surface area contributed by atoms with Gasteiger partial charge in [-0.3, -0.25) is 4.39 Å². The number of alkyl halides is 4. The van der Waals surface area contributed by atoms with Gasteiger partial charge in [-0.05, 0) is 12.8 Å². The van der Waals surface area contributed by atoms with Crippen LogP contribution in [0.4, 0.5) is 17.6 Å². The number of hydrogen-bond acceptors (Lipinski definition) is 0. The van der Waals surface area contributed by atoms with Gasteiger partial charge in [0.05, 0.1) is 12.6 Å². The molecule has 0 fully saturated rings. The smallest absolute Gasteiger partial charge is 0.251 e. The molecule has 0 saturated heterocycles. The first-order valence-corrected chi connectivity index (χ1v) is 3.15. The maximum atomic E-state index is 11.7. The normalized spacial score (nSPS) is 15.3. The van der Waals surface area contributed by atoms with E-state index in [1.54, 1.807) is 0 Å². The lowest BCUT2D eigenvalue weighted by molar-refractivity contribution is -0.177. The highest BCUT2D eigenvalue weighted by Crippen LogP contribution is 2.30. The van der Waals surface area contributed by atoms with Crippen LogP contribution < -0.4 is 0 Å². The zero-order valence-corrected chi connectivity index (χ0v) is 5.71. The van der Waals surface area contributed by atoms with Gasteiger partial charge in [0.15, 0.2) is 0 Å². The minimum atomic E-state index is -4.22. The largest absolute Gasteiger partial charge is 0.391 e. The number of hydrogen-bond donors (Lipinski definition) is 0. The summed E-state index contributed by atoms with van der Waals surface area (Å²) in [6.45, 7) is 0.520. The van der Waals surface area contributed by atoms with E-state index in [9.17, 15) is 17.6 Å². The third-order valence-corrected chi connectivity index (χ3v) is 1.41. The van der Waals surface area contributed by atoms with Crippen LogP contribution in [0.3, 0.4) is 0 Å². The highest BCUT2D eigenvalue weighted by molar-refractivity contribution is 4.64. The van der Waals surface area contributed by atoms with Crippen molar-refractivity contribution in [2.75, 3.05) is 6.67 Å². The quantitative estimate of drug-likeness (QED) is 0.554. The minimum Gasteiger partial charge on any atom is -0.251 e. The summed E-state index contributed by atoms with van der Waals surface area (Å²) in [6, 6.07) is 0.